The van der Waals surface area contributed by atoms with Crippen molar-refractivity contribution in [1.82, 2.24) is 4.98 Å². The maximum absolute atomic E-state index is 3.62. The first-order valence-corrected chi connectivity index (χ1v) is 17.9. The monoisotopic (exact) mass is 663 g/mol. The second kappa shape index (κ2) is 12.2. The number of hydrogen-bond donors (Lipinski definition) is 1. The molecular weight excluding hydrogens is 629 g/mol. The van der Waals surface area contributed by atoms with Gasteiger partial charge in [0.15, 0.2) is 11.0 Å². The molecule has 10 aromatic rings. The summed E-state index contributed by atoms with van der Waals surface area (Å²) in [5.74, 6) is 1.10. The van der Waals surface area contributed by atoms with Crippen LogP contribution in [0.1, 0.15) is 0 Å². The van der Waals surface area contributed by atoms with Gasteiger partial charge in [-0.25, -0.2) is 9.55 Å². The van der Waals surface area contributed by atoms with Crippen LogP contribution in [0.25, 0.3) is 99.2 Å². The Bertz CT molecular complexity index is 2950. The smallest absolute Gasteiger partial charge is 0.236 e. The van der Waals surface area contributed by atoms with Crippen molar-refractivity contribution in [2.75, 3.05) is 0 Å². The van der Waals surface area contributed by atoms with Crippen LogP contribution in [0.2, 0.25) is 0 Å². The Hall–Kier alpha value is -6.77. The molecule has 0 aliphatic rings. The highest BCUT2D eigenvalue weighted by atomic mass is 15.1. The van der Waals surface area contributed by atoms with Crippen LogP contribution < -0.4 is 4.57 Å². The fourth-order valence-electron chi connectivity index (χ4n) is 8.16. The molecule has 244 valence electrons. The molecule has 0 spiro atoms. The highest BCUT2D eigenvalue weighted by molar-refractivity contribution is 6.23. The molecule has 0 bridgehead atoms. The van der Waals surface area contributed by atoms with E-state index in [2.05, 4.69) is 205 Å². The van der Waals surface area contributed by atoms with E-state index in [1.54, 1.807) is 0 Å². The number of aromatic nitrogens is 2. The fraction of sp³-hybridized carbons (Fsp3) is 0.0200. The van der Waals surface area contributed by atoms with Crippen molar-refractivity contribution in [3.63, 3.8) is 0 Å². The van der Waals surface area contributed by atoms with Crippen molar-refractivity contribution in [1.29, 1.82) is 0 Å². The summed E-state index contributed by atoms with van der Waals surface area (Å²) in [5.41, 5.74) is 13.3. The third-order valence-electron chi connectivity index (χ3n) is 10.7. The lowest BCUT2D eigenvalue weighted by atomic mass is 9.82. The van der Waals surface area contributed by atoms with Crippen LogP contribution in [0, 0.1) is 0 Å². The van der Waals surface area contributed by atoms with Crippen LogP contribution in [0.5, 0.6) is 0 Å². The van der Waals surface area contributed by atoms with Crippen LogP contribution in [0.15, 0.2) is 188 Å². The van der Waals surface area contributed by atoms with Crippen molar-refractivity contribution >= 4 is 43.4 Å². The predicted molar refractivity (Wildman–Crippen MR) is 219 cm³/mol. The van der Waals surface area contributed by atoms with Crippen LogP contribution in [-0.4, -0.2) is 4.98 Å². The van der Waals surface area contributed by atoms with E-state index in [0.29, 0.717) is 0 Å². The zero-order valence-electron chi connectivity index (χ0n) is 28.8. The largest absolute Gasteiger partial charge is 0.287 e. The number of para-hydroxylation sites is 2. The molecule has 1 heterocycles. The van der Waals surface area contributed by atoms with E-state index in [1.165, 1.54) is 82.3 Å². The number of aryl methyl sites for hydroxylation is 1. The number of aromatic amines is 1. The lowest BCUT2D eigenvalue weighted by Gasteiger charge is -2.20. The van der Waals surface area contributed by atoms with Crippen LogP contribution in [0.3, 0.4) is 0 Å². The number of benzene rings is 9. The maximum atomic E-state index is 3.62. The summed E-state index contributed by atoms with van der Waals surface area (Å²) in [7, 11) is 2.12. The van der Waals surface area contributed by atoms with Gasteiger partial charge in [-0.15, -0.1) is 0 Å². The number of imidazole rings is 1. The molecule has 0 unspecified atom stereocenters. The summed E-state index contributed by atoms with van der Waals surface area (Å²) in [4.78, 5) is 3.62. The summed E-state index contributed by atoms with van der Waals surface area (Å²) >= 11 is 0. The number of fused-ring (bicyclic) bond motifs is 4. The van der Waals surface area contributed by atoms with Gasteiger partial charge in [0.05, 0.1) is 12.6 Å². The molecule has 0 radical (unpaired) electrons. The molecule has 0 saturated heterocycles. The SMILES string of the molecule is C[n+]1c(-c2ccc(-c3ccc4c(-c5ccccc5-c5ccccc5)c5ccccc5c(-c5ccc6ccccc6c5)c4c3)cc2)[nH]c2ccccc21. The molecule has 0 aliphatic heterocycles. The van der Waals surface area contributed by atoms with Gasteiger partial charge in [0, 0.05) is 0 Å². The van der Waals surface area contributed by atoms with Gasteiger partial charge in [0.1, 0.15) is 0 Å². The predicted octanol–water partition coefficient (Wildman–Crippen LogP) is 12.8. The normalized spacial score (nSPS) is 11.6. The van der Waals surface area contributed by atoms with Gasteiger partial charge in [0.25, 0.3) is 5.82 Å². The van der Waals surface area contributed by atoms with Gasteiger partial charge in [-0.1, -0.05) is 152 Å². The second-order valence-electron chi connectivity index (χ2n) is 13.7. The minimum Gasteiger partial charge on any atom is -0.236 e. The average Bonchev–Trinajstić information content (AvgIpc) is 3.55. The standard InChI is InChI=1S/C50H34N2/c1-52-47-22-12-11-21-46(47)51-50(52)36-26-23-34(24-27-36)38-29-30-44-45(32-38)48(39-28-25-33-13-5-6-16-37(33)31-39)42-19-9-10-20-43(42)49(44)41-18-8-7-17-40(41)35-14-3-2-4-15-35/h2-32H,1H3/p+1. The Kier molecular flexibility index (Phi) is 7.07. The van der Waals surface area contributed by atoms with E-state index in [1.807, 2.05) is 0 Å². The summed E-state index contributed by atoms with van der Waals surface area (Å²) in [5, 5.41) is 7.49. The number of nitrogens with zero attached hydrogens (tertiary/aromatic N) is 1. The van der Waals surface area contributed by atoms with Crippen molar-refractivity contribution in [2.24, 2.45) is 7.05 Å². The van der Waals surface area contributed by atoms with E-state index < -0.39 is 0 Å². The van der Waals surface area contributed by atoms with Crippen LogP contribution in [-0.2, 0) is 7.05 Å². The molecule has 1 N–H and O–H groups in total. The third-order valence-corrected chi connectivity index (χ3v) is 10.7. The summed E-state index contributed by atoms with van der Waals surface area (Å²) in [6, 6.07) is 68.6. The second-order valence-corrected chi connectivity index (χ2v) is 13.7. The van der Waals surface area contributed by atoms with E-state index >= 15 is 0 Å². The van der Waals surface area contributed by atoms with Gasteiger partial charge in [-0.05, 0) is 113 Å². The molecule has 0 atom stereocenters. The Morgan fingerprint density at radius 1 is 0.365 bits per heavy atom. The lowest BCUT2D eigenvalue weighted by Crippen LogP contribution is -2.28. The van der Waals surface area contributed by atoms with Crippen molar-refractivity contribution in [3.05, 3.63) is 188 Å². The van der Waals surface area contributed by atoms with Gasteiger partial charge in [-0.2, -0.15) is 0 Å². The average molecular weight is 664 g/mol. The fourth-order valence-corrected chi connectivity index (χ4v) is 8.16. The van der Waals surface area contributed by atoms with Gasteiger partial charge < -0.3 is 0 Å². The van der Waals surface area contributed by atoms with E-state index in [0.717, 1.165) is 16.9 Å². The first-order valence-electron chi connectivity index (χ1n) is 17.9. The Morgan fingerprint density at radius 3 is 1.77 bits per heavy atom. The van der Waals surface area contributed by atoms with Crippen molar-refractivity contribution in [3.8, 4) is 55.9 Å². The highest BCUT2D eigenvalue weighted by Gasteiger charge is 2.21. The molecule has 2 nitrogen and oxygen atoms in total. The Morgan fingerprint density at radius 2 is 0.962 bits per heavy atom. The zero-order chi connectivity index (χ0) is 34.6. The first-order chi connectivity index (χ1) is 25.7. The molecule has 1 aromatic heterocycles. The molecule has 52 heavy (non-hydrogen) atoms. The number of hydrogen-bond acceptors (Lipinski definition) is 0. The summed E-state index contributed by atoms with van der Waals surface area (Å²) in [6.07, 6.45) is 0. The molecule has 9 aromatic carbocycles. The third kappa shape index (κ3) is 4.92. The van der Waals surface area contributed by atoms with Crippen molar-refractivity contribution in [2.45, 2.75) is 0 Å². The topological polar surface area (TPSA) is 19.7 Å². The molecule has 0 aliphatic carbocycles. The van der Waals surface area contributed by atoms with Gasteiger partial charge in [0.2, 0.25) is 0 Å². The minimum absolute atomic E-state index is 1.10. The maximum Gasteiger partial charge on any atom is 0.287 e. The van der Waals surface area contributed by atoms with Crippen molar-refractivity contribution < 1.29 is 4.57 Å². The highest BCUT2D eigenvalue weighted by Crippen LogP contribution is 2.47. The molecule has 2 heteroatoms. The quantitative estimate of drug-likeness (QED) is 0.140. The molecule has 0 fully saturated rings. The summed E-state index contributed by atoms with van der Waals surface area (Å²) < 4.78 is 2.23. The number of rotatable bonds is 5. The number of nitrogens with one attached hydrogen (secondary N) is 1. The summed E-state index contributed by atoms with van der Waals surface area (Å²) in [6.45, 7) is 0. The lowest BCUT2D eigenvalue weighted by molar-refractivity contribution is -0.633. The zero-order valence-corrected chi connectivity index (χ0v) is 28.8. The minimum atomic E-state index is 1.10. The molecule has 0 saturated carbocycles. The molecular formula is C50H35N2+. The molecule has 10 rings (SSSR count). The van der Waals surface area contributed by atoms with Gasteiger partial charge in [-0.3, -0.25) is 0 Å². The first kappa shape index (κ1) is 30.1. The van der Waals surface area contributed by atoms with E-state index in [4.69, 9.17) is 0 Å². The number of H-pyrrole nitrogens is 1. The molecule has 0 amide bonds. The van der Waals surface area contributed by atoms with Crippen LogP contribution >= 0.6 is 0 Å². The van der Waals surface area contributed by atoms with E-state index in [9.17, 15) is 0 Å². The Labute approximate surface area is 302 Å². The van der Waals surface area contributed by atoms with Crippen LogP contribution in [0.4, 0.5) is 0 Å². The van der Waals surface area contributed by atoms with E-state index in [-0.39, 0.29) is 0 Å². The van der Waals surface area contributed by atoms with Gasteiger partial charge >= 0.3 is 0 Å². The Balaban J connectivity index is 1.22.